The van der Waals surface area contributed by atoms with Gasteiger partial charge in [-0.3, -0.25) is 4.79 Å². The van der Waals surface area contributed by atoms with Crippen LogP contribution in [-0.2, 0) is 15.4 Å². The van der Waals surface area contributed by atoms with Crippen LogP contribution in [-0.4, -0.2) is 46.9 Å². The van der Waals surface area contributed by atoms with Gasteiger partial charge in [-0.1, -0.05) is 23.4 Å². The van der Waals surface area contributed by atoms with Crippen molar-refractivity contribution in [2.45, 2.75) is 25.5 Å². The molecule has 0 radical (unpaired) electrons. The van der Waals surface area contributed by atoms with E-state index in [0.29, 0.717) is 23.7 Å². The molecule has 9 heteroatoms. The fourth-order valence-electron chi connectivity index (χ4n) is 5.20. The van der Waals surface area contributed by atoms with Crippen LogP contribution in [0.1, 0.15) is 29.7 Å². The molecule has 4 heterocycles. The number of carbonyl (C=O) groups is 1. The summed E-state index contributed by atoms with van der Waals surface area (Å²) >= 11 is 0. The molecule has 0 N–H and O–H groups in total. The number of benzene rings is 2. The summed E-state index contributed by atoms with van der Waals surface area (Å²) in [4.78, 5) is 26.8. The smallest absolute Gasteiger partial charge is 0.318 e. The maximum absolute atomic E-state index is 14.6. The van der Waals surface area contributed by atoms with Crippen LogP contribution >= 0.6 is 0 Å². The Morgan fingerprint density at radius 3 is 2.89 bits per heavy atom. The molecule has 35 heavy (non-hydrogen) atoms. The third-order valence-electron chi connectivity index (χ3n) is 6.83. The third kappa shape index (κ3) is 3.00. The number of oxime groups is 1. The molecule has 0 aliphatic carbocycles. The number of rotatable bonds is 3. The first kappa shape index (κ1) is 21.4. The highest BCUT2D eigenvalue weighted by Crippen LogP contribution is 2.50. The van der Waals surface area contributed by atoms with Gasteiger partial charge in [-0.05, 0) is 55.2 Å². The molecule has 6 rings (SSSR count). The molecule has 3 aliphatic heterocycles. The Balaban J connectivity index is 1.37. The fourth-order valence-corrected chi connectivity index (χ4v) is 5.20. The van der Waals surface area contributed by atoms with Crippen molar-refractivity contribution in [1.29, 1.82) is 0 Å². The number of nitrogens with zero attached hydrogens (tertiary/aromatic N) is 5. The average Bonchev–Trinajstić information content (AvgIpc) is 3.53. The van der Waals surface area contributed by atoms with Crippen LogP contribution < -0.4 is 9.64 Å². The molecule has 1 saturated heterocycles. The lowest BCUT2D eigenvalue weighted by molar-refractivity contribution is -0.157. The number of amidine groups is 1. The van der Waals surface area contributed by atoms with Crippen LogP contribution in [0.3, 0.4) is 0 Å². The third-order valence-corrected chi connectivity index (χ3v) is 6.83. The van der Waals surface area contributed by atoms with E-state index < -0.39 is 11.5 Å². The average molecular weight is 474 g/mol. The minimum absolute atomic E-state index is 0.236. The van der Waals surface area contributed by atoms with Crippen LogP contribution in [0.2, 0.25) is 0 Å². The number of methoxy groups -OCH3 is 1. The van der Waals surface area contributed by atoms with Crippen LogP contribution in [0.15, 0.2) is 59.7 Å². The molecule has 0 bridgehead atoms. The molecule has 178 valence electrons. The second-order valence-electron chi connectivity index (χ2n) is 8.93. The minimum atomic E-state index is -1.47. The highest BCUT2D eigenvalue weighted by molar-refractivity contribution is 6.12. The molecule has 1 unspecified atom stereocenters. The minimum Gasteiger partial charge on any atom is -0.495 e. The summed E-state index contributed by atoms with van der Waals surface area (Å²) in [5, 5.41) is 4.36. The van der Waals surface area contributed by atoms with Crippen LogP contribution in [0.25, 0.3) is 11.8 Å². The van der Waals surface area contributed by atoms with E-state index in [1.165, 1.54) is 11.0 Å². The molecule has 1 atom stereocenters. The van der Waals surface area contributed by atoms with Gasteiger partial charge in [0.25, 0.3) is 5.91 Å². The number of carbonyl (C=O) groups excluding carboxylic acids is 1. The van der Waals surface area contributed by atoms with Gasteiger partial charge in [-0.2, -0.15) is 0 Å². The normalized spacial score (nSPS) is 21.9. The Morgan fingerprint density at radius 1 is 1.26 bits per heavy atom. The van der Waals surface area contributed by atoms with Gasteiger partial charge in [0.05, 0.1) is 36.1 Å². The van der Waals surface area contributed by atoms with E-state index in [4.69, 9.17) is 9.57 Å². The Morgan fingerprint density at radius 2 is 2.11 bits per heavy atom. The standard InChI is InChI=1S/C26H24FN5O3/c1-16-14-31(15-28-16)21-10-9-17(13-22(21)34-3)12-18-6-5-11-32-24(18)29-35-26(32)19-7-4-8-20(27)23(19)30(2)25(26)33/h4,7-10,12-15H,5-6,11H2,1-3H3. The van der Waals surface area contributed by atoms with Gasteiger partial charge in [0.1, 0.15) is 11.6 Å². The number of hydrogen-bond acceptors (Lipinski definition) is 6. The number of hydrogen-bond donors (Lipinski definition) is 0. The number of aryl methyl sites for hydroxylation is 1. The Kier molecular flexibility index (Phi) is 4.70. The molecule has 2 aromatic carbocycles. The van der Waals surface area contributed by atoms with E-state index in [1.807, 2.05) is 46.9 Å². The first-order chi connectivity index (χ1) is 16.9. The molecular formula is C26H24FN5O3. The van der Waals surface area contributed by atoms with Crippen molar-refractivity contribution in [1.82, 2.24) is 14.5 Å². The van der Waals surface area contributed by atoms with E-state index in [0.717, 1.165) is 35.4 Å². The van der Waals surface area contributed by atoms with E-state index in [-0.39, 0.29) is 11.6 Å². The summed E-state index contributed by atoms with van der Waals surface area (Å²) in [6, 6.07) is 10.6. The van der Waals surface area contributed by atoms with E-state index in [9.17, 15) is 9.18 Å². The Hall–Kier alpha value is -4.14. The largest absolute Gasteiger partial charge is 0.495 e. The van der Waals surface area contributed by atoms with Crippen LogP contribution in [0, 0.1) is 12.7 Å². The Bertz CT molecular complexity index is 1430. The molecule has 0 saturated carbocycles. The lowest BCUT2D eigenvalue weighted by Crippen LogP contribution is -2.54. The number of fused-ring (bicyclic) bond motifs is 4. The maximum atomic E-state index is 14.6. The summed E-state index contributed by atoms with van der Waals surface area (Å²) in [7, 11) is 3.20. The van der Waals surface area contributed by atoms with Crippen molar-refractivity contribution in [2.75, 3.05) is 25.6 Å². The van der Waals surface area contributed by atoms with Gasteiger partial charge >= 0.3 is 5.72 Å². The van der Waals surface area contributed by atoms with Gasteiger partial charge < -0.3 is 23.9 Å². The van der Waals surface area contributed by atoms with Crippen LogP contribution in [0.5, 0.6) is 5.75 Å². The summed E-state index contributed by atoms with van der Waals surface area (Å²) < 4.78 is 22.2. The SMILES string of the molecule is COc1cc(C=C2CCCN3C2=NOC32C(=O)N(C)c3c(F)cccc32)ccc1-n1cnc(C)c1. The van der Waals surface area contributed by atoms with Crippen molar-refractivity contribution < 1.29 is 18.8 Å². The number of para-hydroxylation sites is 1. The maximum Gasteiger partial charge on any atom is 0.318 e. The number of aromatic nitrogens is 2. The molecule has 8 nitrogen and oxygen atoms in total. The first-order valence-corrected chi connectivity index (χ1v) is 11.4. The van der Waals surface area contributed by atoms with E-state index >= 15 is 0 Å². The zero-order valence-corrected chi connectivity index (χ0v) is 19.7. The van der Waals surface area contributed by atoms with Crippen molar-refractivity contribution in [3.63, 3.8) is 0 Å². The van der Waals surface area contributed by atoms with E-state index in [1.54, 1.807) is 32.6 Å². The number of ether oxygens (including phenoxy) is 1. The molecule has 3 aromatic rings. The van der Waals surface area contributed by atoms with E-state index in [2.05, 4.69) is 10.1 Å². The molecular weight excluding hydrogens is 449 g/mol. The number of likely N-dealkylation sites (N-methyl/N-ethyl adjacent to an activating group) is 1. The molecule has 1 aromatic heterocycles. The molecule has 1 spiro atoms. The van der Waals surface area contributed by atoms with Crippen molar-refractivity contribution >= 4 is 23.5 Å². The second-order valence-corrected chi connectivity index (χ2v) is 8.93. The molecule has 3 aliphatic rings. The number of imidazole rings is 1. The van der Waals surface area contributed by atoms with Gasteiger partial charge in [-0.15, -0.1) is 0 Å². The summed E-state index contributed by atoms with van der Waals surface area (Å²) in [6.07, 6.45) is 7.31. The number of halogens is 1. The molecule has 1 amide bonds. The monoisotopic (exact) mass is 473 g/mol. The van der Waals surface area contributed by atoms with Gasteiger partial charge in [0, 0.05) is 19.8 Å². The van der Waals surface area contributed by atoms with Crippen molar-refractivity contribution in [3.05, 3.63) is 77.1 Å². The number of piperidine rings is 1. The molecule has 1 fully saturated rings. The predicted octanol–water partition coefficient (Wildman–Crippen LogP) is 3.98. The number of anilines is 1. The van der Waals surface area contributed by atoms with Crippen LogP contribution in [0.4, 0.5) is 10.1 Å². The highest BCUT2D eigenvalue weighted by Gasteiger charge is 2.62. The Labute approximate surface area is 201 Å². The highest BCUT2D eigenvalue weighted by atomic mass is 19.1. The fraction of sp³-hybridized carbons (Fsp3) is 0.269. The lowest BCUT2D eigenvalue weighted by Gasteiger charge is -2.36. The quantitative estimate of drug-likeness (QED) is 0.576. The lowest BCUT2D eigenvalue weighted by atomic mass is 9.95. The zero-order valence-electron chi connectivity index (χ0n) is 19.7. The van der Waals surface area contributed by atoms with Gasteiger partial charge in [0.15, 0.2) is 5.84 Å². The second kappa shape index (κ2) is 7.69. The topological polar surface area (TPSA) is 72.2 Å². The number of amides is 1. The zero-order chi connectivity index (χ0) is 24.3. The summed E-state index contributed by atoms with van der Waals surface area (Å²) in [6.45, 7) is 2.52. The summed E-state index contributed by atoms with van der Waals surface area (Å²) in [5.41, 5.74) is 2.93. The van der Waals surface area contributed by atoms with Crippen molar-refractivity contribution in [3.8, 4) is 11.4 Å². The summed E-state index contributed by atoms with van der Waals surface area (Å²) in [5.74, 6) is 0.505. The predicted molar refractivity (Wildman–Crippen MR) is 129 cm³/mol. The first-order valence-electron chi connectivity index (χ1n) is 11.4. The van der Waals surface area contributed by atoms with Gasteiger partial charge in [-0.25, -0.2) is 9.37 Å². The van der Waals surface area contributed by atoms with Gasteiger partial charge in [0.2, 0.25) is 0 Å². The van der Waals surface area contributed by atoms with Crippen molar-refractivity contribution in [2.24, 2.45) is 5.16 Å².